The highest BCUT2D eigenvalue weighted by atomic mass is 79.9. The maximum Gasteiger partial charge on any atom is 0.360 e. The number of ether oxygens (including phenoxy) is 1. The van der Waals surface area contributed by atoms with Crippen molar-refractivity contribution < 1.29 is 9.53 Å². The number of carbonyl (C=O) groups excluding carboxylic acids is 1. The van der Waals surface area contributed by atoms with Crippen LogP contribution in [0, 0.1) is 11.3 Å². The van der Waals surface area contributed by atoms with Crippen LogP contribution in [0.1, 0.15) is 23.0 Å². The molecule has 0 aliphatic carbocycles. The number of nitriles is 1. The number of anilines is 1. The Bertz CT molecular complexity index is 703. The van der Waals surface area contributed by atoms with Crippen molar-refractivity contribution in [3.63, 3.8) is 0 Å². The first-order valence-corrected chi connectivity index (χ1v) is 6.59. The van der Waals surface area contributed by atoms with E-state index < -0.39 is 5.97 Å². The van der Waals surface area contributed by atoms with Gasteiger partial charge in [-0.3, -0.25) is 0 Å². The summed E-state index contributed by atoms with van der Waals surface area (Å²) in [5, 5.41) is 13.2. The summed E-state index contributed by atoms with van der Waals surface area (Å²) in [6.45, 7) is 1.88. The fraction of sp³-hybridized carbons (Fsp3) is 0.154. The fourth-order valence-corrected chi connectivity index (χ4v) is 2.08. The smallest absolute Gasteiger partial charge is 0.360 e. The van der Waals surface area contributed by atoms with E-state index in [0.717, 1.165) is 4.47 Å². The molecule has 1 heterocycles. The molecule has 6 nitrogen and oxygen atoms in total. The van der Waals surface area contributed by atoms with Gasteiger partial charge in [-0.1, -0.05) is 22.0 Å². The number of hydrogen-bond donors (Lipinski definition) is 1. The Labute approximate surface area is 123 Å². The van der Waals surface area contributed by atoms with Gasteiger partial charge in [0.05, 0.1) is 12.3 Å². The van der Waals surface area contributed by atoms with Gasteiger partial charge in [0.2, 0.25) is 0 Å². The number of rotatable bonds is 3. The molecule has 0 spiro atoms. The largest absolute Gasteiger partial charge is 0.461 e. The van der Waals surface area contributed by atoms with Crippen molar-refractivity contribution >= 4 is 27.7 Å². The molecular formula is C13H11BrN4O2. The zero-order valence-corrected chi connectivity index (χ0v) is 12.2. The lowest BCUT2D eigenvalue weighted by Crippen LogP contribution is -2.08. The summed E-state index contributed by atoms with van der Waals surface area (Å²) in [7, 11) is 0. The molecule has 0 fully saturated rings. The maximum absolute atomic E-state index is 11.8. The van der Waals surface area contributed by atoms with Crippen LogP contribution >= 0.6 is 15.9 Å². The molecule has 0 aliphatic heterocycles. The Hall–Kier alpha value is -2.33. The van der Waals surface area contributed by atoms with Crippen LogP contribution in [-0.2, 0) is 4.74 Å². The van der Waals surface area contributed by atoms with E-state index in [1.165, 1.54) is 4.68 Å². The zero-order chi connectivity index (χ0) is 14.7. The maximum atomic E-state index is 11.8. The van der Waals surface area contributed by atoms with Crippen molar-refractivity contribution in [2.75, 3.05) is 12.3 Å². The molecular weight excluding hydrogens is 324 g/mol. The lowest BCUT2D eigenvalue weighted by atomic mass is 10.2. The Balaban J connectivity index is 2.57. The third-order valence-electron chi connectivity index (χ3n) is 2.55. The van der Waals surface area contributed by atoms with Crippen molar-refractivity contribution in [3.8, 4) is 11.8 Å². The third-order valence-corrected chi connectivity index (χ3v) is 3.05. The van der Waals surface area contributed by atoms with Gasteiger partial charge in [0, 0.05) is 4.47 Å². The average Bonchev–Trinajstić information content (AvgIpc) is 2.76. The summed E-state index contributed by atoms with van der Waals surface area (Å²) >= 11 is 3.34. The molecule has 0 aliphatic rings. The summed E-state index contributed by atoms with van der Waals surface area (Å²) in [6.07, 6.45) is 0. The van der Waals surface area contributed by atoms with Crippen molar-refractivity contribution in [2.45, 2.75) is 6.92 Å². The lowest BCUT2D eigenvalue weighted by Gasteiger charge is -2.03. The second kappa shape index (κ2) is 5.75. The molecule has 1 aromatic heterocycles. The number of nitrogens with zero attached hydrogens (tertiary/aromatic N) is 3. The van der Waals surface area contributed by atoms with E-state index in [4.69, 9.17) is 15.7 Å². The van der Waals surface area contributed by atoms with Crippen LogP contribution in [0.3, 0.4) is 0 Å². The molecule has 0 amide bonds. The predicted molar refractivity (Wildman–Crippen MR) is 76.3 cm³/mol. The van der Waals surface area contributed by atoms with Crippen molar-refractivity contribution in [2.24, 2.45) is 0 Å². The Morgan fingerprint density at radius 3 is 2.95 bits per heavy atom. The third kappa shape index (κ3) is 2.51. The molecule has 2 rings (SSSR count). The van der Waals surface area contributed by atoms with Crippen LogP contribution in [0.25, 0.3) is 5.69 Å². The first-order chi connectivity index (χ1) is 9.58. The van der Waals surface area contributed by atoms with Gasteiger partial charge in [0.25, 0.3) is 0 Å². The number of carbonyl (C=O) groups is 1. The monoisotopic (exact) mass is 334 g/mol. The topological polar surface area (TPSA) is 93.9 Å². The highest BCUT2D eigenvalue weighted by molar-refractivity contribution is 9.10. The second-order valence-corrected chi connectivity index (χ2v) is 4.75. The van der Waals surface area contributed by atoms with Crippen LogP contribution in [0.5, 0.6) is 0 Å². The van der Waals surface area contributed by atoms with Crippen LogP contribution in [-0.4, -0.2) is 22.4 Å². The molecule has 0 bridgehead atoms. The minimum atomic E-state index is -0.663. The van der Waals surface area contributed by atoms with Gasteiger partial charge >= 0.3 is 5.97 Å². The minimum Gasteiger partial charge on any atom is -0.461 e. The number of esters is 1. The molecule has 2 N–H and O–H groups in total. The zero-order valence-electron chi connectivity index (χ0n) is 10.6. The van der Waals surface area contributed by atoms with Crippen molar-refractivity contribution in [1.82, 2.24) is 9.78 Å². The van der Waals surface area contributed by atoms with E-state index in [2.05, 4.69) is 21.0 Å². The number of aromatic nitrogens is 2. The van der Waals surface area contributed by atoms with E-state index in [0.29, 0.717) is 5.69 Å². The SMILES string of the molecule is CCOC(=O)c1nn(-c2cccc(Br)c2)c(N)c1C#N. The predicted octanol–water partition coefficient (Wildman–Crippen LogP) is 2.27. The van der Waals surface area contributed by atoms with Crippen LogP contribution in [0.4, 0.5) is 5.82 Å². The number of halogens is 1. The normalized spacial score (nSPS) is 10.1. The number of nitrogens with two attached hydrogens (primary N) is 1. The molecule has 0 saturated heterocycles. The number of nitrogen functional groups attached to an aromatic ring is 1. The van der Waals surface area contributed by atoms with E-state index in [-0.39, 0.29) is 23.7 Å². The highest BCUT2D eigenvalue weighted by Crippen LogP contribution is 2.23. The molecule has 0 unspecified atom stereocenters. The summed E-state index contributed by atoms with van der Waals surface area (Å²) in [6, 6.07) is 9.08. The Kier molecular flexibility index (Phi) is 4.05. The second-order valence-electron chi connectivity index (χ2n) is 3.83. The van der Waals surface area contributed by atoms with Gasteiger partial charge in [0.1, 0.15) is 17.5 Å². The van der Waals surface area contributed by atoms with Gasteiger partial charge in [-0.15, -0.1) is 0 Å². The minimum absolute atomic E-state index is 0.0171. The first-order valence-electron chi connectivity index (χ1n) is 5.80. The van der Waals surface area contributed by atoms with E-state index in [1.807, 2.05) is 12.1 Å². The Morgan fingerprint density at radius 2 is 2.35 bits per heavy atom. The number of hydrogen-bond acceptors (Lipinski definition) is 5. The average molecular weight is 335 g/mol. The lowest BCUT2D eigenvalue weighted by molar-refractivity contribution is 0.0518. The summed E-state index contributed by atoms with van der Waals surface area (Å²) in [4.78, 5) is 11.8. The molecule has 102 valence electrons. The molecule has 0 saturated carbocycles. The summed E-state index contributed by atoms with van der Waals surface area (Å²) in [5.74, 6) is -0.557. The van der Waals surface area contributed by atoms with E-state index >= 15 is 0 Å². The first kappa shape index (κ1) is 14.1. The van der Waals surface area contributed by atoms with Gasteiger partial charge in [-0.2, -0.15) is 10.4 Å². The van der Waals surface area contributed by atoms with Crippen LogP contribution in [0.15, 0.2) is 28.7 Å². The molecule has 20 heavy (non-hydrogen) atoms. The van der Waals surface area contributed by atoms with E-state index in [1.54, 1.807) is 25.1 Å². The highest BCUT2D eigenvalue weighted by Gasteiger charge is 2.23. The van der Waals surface area contributed by atoms with Gasteiger partial charge in [-0.05, 0) is 25.1 Å². The molecule has 2 aromatic rings. The fourth-order valence-electron chi connectivity index (χ4n) is 1.69. The van der Waals surface area contributed by atoms with Crippen molar-refractivity contribution in [1.29, 1.82) is 5.26 Å². The number of benzene rings is 1. The summed E-state index contributed by atoms with van der Waals surface area (Å²) < 4.78 is 7.04. The van der Waals surface area contributed by atoms with Crippen LogP contribution < -0.4 is 5.73 Å². The van der Waals surface area contributed by atoms with Gasteiger partial charge < -0.3 is 10.5 Å². The van der Waals surface area contributed by atoms with Crippen LogP contribution in [0.2, 0.25) is 0 Å². The molecule has 0 atom stereocenters. The molecule has 0 radical (unpaired) electrons. The molecule has 7 heteroatoms. The Morgan fingerprint density at radius 1 is 1.60 bits per heavy atom. The van der Waals surface area contributed by atoms with E-state index in [9.17, 15) is 4.79 Å². The van der Waals surface area contributed by atoms with Gasteiger partial charge in [0.15, 0.2) is 5.69 Å². The standard InChI is InChI=1S/C13H11BrN4O2/c1-2-20-13(19)11-10(7-15)12(16)18(17-11)9-5-3-4-8(14)6-9/h3-6H,2,16H2,1H3. The van der Waals surface area contributed by atoms with Crippen molar-refractivity contribution in [3.05, 3.63) is 40.0 Å². The quantitative estimate of drug-likeness (QED) is 0.869. The molecule has 1 aromatic carbocycles. The van der Waals surface area contributed by atoms with Gasteiger partial charge in [-0.25, -0.2) is 9.48 Å². The summed E-state index contributed by atoms with van der Waals surface area (Å²) in [5.41, 5.74) is 6.47.